The number of hydrogen-bond donors (Lipinski definition) is 1. The number of carbonyl (C=O) groups is 1. The van der Waals surface area contributed by atoms with Crippen molar-refractivity contribution in [2.45, 2.75) is 31.8 Å². The Bertz CT molecular complexity index is 1120. The minimum absolute atomic E-state index is 0.158. The van der Waals surface area contributed by atoms with Gasteiger partial charge in [0.25, 0.3) is 5.91 Å². The molecular weight excluding hydrogens is 402 g/mol. The van der Waals surface area contributed by atoms with Gasteiger partial charge in [-0.25, -0.2) is 8.42 Å². The molecule has 0 fully saturated rings. The average molecular weight is 428 g/mol. The van der Waals surface area contributed by atoms with Gasteiger partial charge in [0, 0.05) is 24.1 Å². The Morgan fingerprint density at radius 2 is 1.73 bits per heavy atom. The van der Waals surface area contributed by atoms with Crippen molar-refractivity contribution in [1.82, 2.24) is 15.1 Å². The first-order valence-electron chi connectivity index (χ1n) is 9.50. The minimum Gasteiger partial charge on any atom is -0.484 e. The molecule has 0 aliphatic rings. The lowest BCUT2D eigenvalue weighted by Gasteiger charge is -2.09. The number of rotatable bonds is 8. The lowest BCUT2D eigenvalue weighted by molar-refractivity contribution is -0.123. The Kier molecular flexibility index (Phi) is 6.56. The number of ether oxygens (including phenoxy) is 1. The van der Waals surface area contributed by atoms with E-state index in [0.29, 0.717) is 18.8 Å². The van der Waals surface area contributed by atoms with E-state index in [2.05, 4.69) is 22.5 Å². The van der Waals surface area contributed by atoms with Gasteiger partial charge in [-0.3, -0.25) is 9.48 Å². The van der Waals surface area contributed by atoms with E-state index in [0.717, 1.165) is 28.8 Å². The molecular formula is C22H25N3O4S. The Morgan fingerprint density at radius 1 is 1.07 bits per heavy atom. The van der Waals surface area contributed by atoms with Crippen molar-refractivity contribution >= 4 is 15.7 Å². The Labute approximate surface area is 176 Å². The van der Waals surface area contributed by atoms with Crippen LogP contribution < -0.4 is 10.1 Å². The Balaban J connectivity index is 1.54. The molecule has 2 aromatic carbocycles. The van der Waals surface area contributed by atoms with E-state index in [1.165, 1.54) is 24.3 Å². The van der Waals surface area contributed by atoms with Crippen LogP contribution in [0.5, 0.6) is 5.75 Å². The van der Waals surface area contributed by atoms with Crippen molar-refractivity contribution in [3.05, 3.63) is 77.1 Å². The molecule has 7 nitrogen and oxygen atoms in total. The topological polar surface area (TPSA) is 90.3 Å². The SMILES string of the molecule is Cc1nn(Cc2ccccc2)c(C)c1CNC(=O)COc1ccc(S(C)(=O)=O)cc1. The highest BCUT2D eigenvalue weighted by Crippen LogP contribution is 2.16. The van der Waals surface area contributed by atoms with E-state index in [9.17, 15) is 13.2 Å². The third kappa shape index (κ3) is 5.48. The summed E-state index contributed by atoms with van der Waals surface area (Å²) in [5.41, 5.74) is 4.03. The van der Waals surface area contributed by atoms with E-state index in [-0.39, 0.29) is 17.4 Å². The van der Waals surface area contributed by atoms with Gasteiger partial charge in [-0.2, -0.15) is 5.10 Å². The van der Waals surface area contributed by atoms with Crippen LogP contribution in [0.3, 0.4) is 0 Å². The van der Waals surface area contributed by atoms with Crippen LogP contribution in [-0.4, -0.2) is 37.0 Å². The molecule has 0 aliphatic heterocycles. The maximum Gasteiger partial charge on any atom is 0.258 e. The van der Waals surface area contributed by atoms with Gasteiger partial charge in [0.2, 0.25) is 0 Å². The molecule has 1 N–H and O–H groups in total. The van der Waals surface area contributed by atoms with Crippen LogP contribution in [0.25, 0.3) is 0 Å². The smallest absolute Gasteiger partial charge is 0.258 e. The summed E-state index contributed by atoms with van der Waals surface area (Å²) in [5, 5.41) is 7.44. The van der Waals surface area contributed by atoms with Crippen LogP contribution >= 0.6 is 0 Å². The van der Waals surface area contributed by atoms with Gasteiger partial charge in [0.05, 0.1) is 17.1 Å². The predicted octanol–water partition coefficient (Wildman–Crippen LogP) is 2.65. The lowest BCUT2D eigenvalue weighted by atomic mass is 10.2. The zero-order valence-corrected chi connectivity index (χ0v) is 18.1. The molecule has 1 heterocycles. The maximum atomic E-state index is 12.2. The van der Waals surface area contributed by atoms with Gasteiger partial charge in [-0.1, -0.05) is 30.3 Å². The molecule has 0 saturated carbocycles. The van der Waals surface area contributed by atoms with Crippen LogP contribution in [0.15, 0.2) is 59.5 Å². The minimum atomic E-state index is -3.26. The van der Waals surface area contributed by atoms with E-state index in [1.807, 2.05) is 36.7 Å². The zero-order valence-electron chi connectivity index (χ0n) is 17.3. The molecule has 0 saturated heterocycles. The first-order chi connectivity index (χ1) is 14.2. The van der Waals surface area contributed by atoms with E-state index in [4.69, 9.17) is 4.74 Å². The van der Waals surface area contributed by atoms with Crippen molar-refractivity contribution in [3.63, 3.8) is 0 Å². The largest absolute Gasteiger partial charge is 0.484 e. The quantitative estimate of drug-likeness (QED) is 0.597. The number of carbonyl (C=O) groups excluding carboxylic acids is 1. The molecule has 0 aliphatic carbocycles. The van der Waals surface area contributed by atoms with Gasteiger partial charge in [-0.15, -0.1) is 0 Å². The number of aryl methyl sites for hydroxylation is 1. The molecule has 0 spiro atoms. The maximum absolute atomic E-state index is 12.2. The third-order valence-corrected chi connectivity index (χ3v) is 5.92. The molecule has 0 unspecified atom stereocenters. The summed E-state index contributed by atoms with van der Waals surface area (Å²) < 4.78 is 30.3. The van der Waals surface area contributed by atoms with E-state index >= 15 is 0 Å². The summed E-state index contributed by atoms with van der Waals surface area (Å²) in [4.78, 5) is 12.4. The highest BCUT2D eigenvalue weighted by atomic mass is 32.2. The molecule has 3 rings (SSSR count). The highest BCUT2D eigenvalue weighted by molar-refractivity contribution is 7.90. The first-order valence-corrected chi connectivity index (χ1v) is 11.4. The number of sulfone groups is 1. The number of benzene rings is 2. The first kappa shape index (κ1) is 21.6. The lowest BCUT2D eigenvalue weighted by Crippen LogP contribution is -2.28. The fourth-order valence-corrected chi connectivity index (χ4v) is 3.70. The summed E-state index contributed by atoms with van der Waals surface area (Å²) in [6.45, 7) is 4.80. The molecule has 1 amide bonds. The molecule has 30 heavy (non-hydrogen) atoms. The van der Waals surface area contributed by atoms with Gasteiger partial charge in [0.15, 0.2) is 16.4 Å². The summed E-state index contributed by atoms with van der Waals surface area (Å²) in [6.07, 6.45) is 1.14. The van der Waals surface area contributed by atoms with Gasteiger partial charge >= 0.3 is 0 Å². The summed E-state index contributed by atoms with van der Waals surface area (Å²) in [5.74, 6) is 0.164. The van der Waals surface area contributed by atoms with Crippen molar-refractivity contribution in [2.24, 2.45) is 0 Å². The molecule has 0 radical (unpaired) electrons. The summed E-state index contributed by atoms with van der Waals surface area (Å²) >= 11 is 0. The highest BCUT2D eigenvalue weighted by Gasteiger charge is 2.13. The number of amides is 1. The normalized spacial score (nSPS) is 11.3. The fraction of sp³-hybridized carbons (Fsp3) is 0.273. The van der Waals surface area contributed by atoms with Crippen molar-refractivity contribution in [3.8, 4) is 5.75 Å². The second-order valence-electron chi connectivity index (χ2n) is 7.10. The average Bonchev–Trinajstić information content (AvgIpc) is 2.98. The number of hydrogen-bond acceptors (Lipinski definition) is 5. The molecule has 0 atom stereocenters. The predicted molar refractivity (Wildman–Crippen MR) is 114 cm³/mol. The summed E-state index contributed by atoms with van der Waals surface area (Å²) in [6, 6.07) is 16.1. The Hall–Kier alpha value is -3.13. The summed E-state index contributed by atoms with van der Waals surface area (Å²) in [7, 11) is -3.26. The standard InChI is InChI=1S/C22H25N3O4S/c1-16-21(17(2)25(24-16)14-18-7-5-4-6-8-18)13-23-22(26)15-29-19-9-11-20(12-10-19)30(3,27)28/h4-12H,13-15H2,1-3H3,(H,23,26). The Morgan fingerprint density at radius 3 is 2.37 bits per heavy atom. The van der Waals surface area contributed by atoms with E-state index in [1.54, 1.807) is 0 Å². The molecule has 0 bridgehead atoms. The fourth-order valence-electron chi connectivity index (χ4n) is 3.07. The van der Waals surface area contributed by atoms with Crippen LogP contribution in [0, 0.1) is 13.8 Å². The molecule has 3 aromatic rings. The number of nitrogens with one attached hydrogen (secondary N) is 1. The van der Waals surface area contributed by atoms with Crippen LogP contribution in [-0.2, 0) is 27.7 Å². The second kappa shape index (κ2) is 9.13. The van der Waals surface area contributed by atoms with Gasteiger partial charge in [0.1, 0.15) is 5.75 Å². The number of aromatic nitrogens is 2. The van der Waals surface area contributed by atoms with Crippen molar-refractivity contribution < 1.29 is 17.9 Å². The molecule has 158 valence electrons. The van der Waals surface area contributed by atoms with E-state index < -0.39 is 9.84 Å². The van der Waals surface area contributed by atoms with Crippen LogP contribution in [0.2, 0.25) is 0 Å². The zero-order chi connectivity index (χ0) is 21.7. The van der Waals surface area contributed by atoms with Crippen LogP contribution in [0.4, 0.5) is 0 Å². The molecule has 8 heteroatoms. The monoisotopic (exact) mass is 427 g/mol. The molecule has 1 aromatic heterocycles. The van der Waals surface area contributed by atoms with Crippen molar-refractivity contribution in [2.75, 3.05) is 12.9 Å². The van der Waals surface area contributed by atoms with Crippen molar-refractivity contribution in [1.29, 1.82) is 0 Å². The third-order valence-electron chi connectivity index (χ3n) is 4.79. The number of nitrogens with zero attached hydrogens (tertiary/aromatic N) is 2. The van der Waals surface area contributed by atoms with Gasteiger partial charge < -0.3 is 10.1 Å². The second-order valence-corrected chi connectivity index (χ2v) is 9.12. The van der Waals surface area contributed by atoms with Gasteiger partial charge in [-0.05, 0) is 43.7 Å². The van der Waals surface area contributed by atoms with Crippen LogP contribution in [0.1, 0.15) is 22.5 Å².